The van der Waals surface area contributed by atoms with Crippen LogP contribution in [-0.2, 0) is 15.0 Å². The number of nitrogens with two attached hydrogens (primary N) is 1. The van der Waals surface area contributed by atoms with E-state index >= 15 is 0 Å². The van der Waals surface area contributed by atoms with E-state index in [9.17, 15) is 9.59 Å². The highest BCUT2D eigenvalue weighted by molar-refractivity contribution is 6.17. The second-order valence-corrected chi connectivity index (χ2v) is 9.53. The molecule has 0 aliphatic carbocycles. The Balaban J connectivity index is 1.46. The van der Waals surface area contributed by atoms with Crippen LogP contribution in [0.25, 0.3) is 0 Å². The van der Waals surface area contributed by atoms with E-state index in [0.717, 1.165) is 36.2 Å². The molecule has 2 aromatic carbocycles. The number of hydrazine groups is 1. The number of nitrogens with one attached hydrogen (secondary N) is 1. The summed E-state index contributed by atoms with van der Waals surface area (Å²) in [5.41, 5.74) is 1.97. The summed E-state index contributed by atoms with van der Waals surface area (Å²) in [5, 5.41) is 9.98. The molecule has 4 heterocycles. The van der Waals surface area contributed by atoms with Gasteiger partial charge in [0.15, 0.2) is 11.5 Å². The molecule has 34 heavy (non-hydrogen) atoms. The molecule has 2 unspecified atom stereocenters. The summed E-state index contributed by atoms with van der Waals surface area (Å²) in [6.07, 6.45) is 2.05. The number of para-hydroxylation sites is 1. The Morgan fingerprint density at radius 1 is 1.18 bits per heavy atom. The number of amides is 2. The number of benzene rings is 2. The summed E-state index contributed by atoms with van der Waals surface area (Å²) in [5.74, 6) is 7.77. The van der Waals surface area contributed by atoms with Gasteiger partial charge in [-0.2, -0.15) is 0 Å². The zero-order chi connectivity index (χ0) is 23.6. The smallest absolute Gasteiger partial charge is 0.242 e. The van der Waals surface area contributed by atoms with Gasteiger partial charge in [0.25, 0.3) is 0 Å². The lowest BCUT2D eigenvalue weighted by Crippen LogP contribution is -2.53. The van der Waals surface area contributed by atoms with Gasteiger partial charge in [-0.1, -0.05) is 18.2 Å². The van der Waals surface area contributed by atoms with Gasteiger partial charge in [0, 0.05) is 50.3 Å². The van der Waals surface area contributed by atoms with Gasteiger partial charge >= 0.3 is 0 Å². The Hall–Kier alpha value is -3.59. The molecule has 1 fully saturated rings. The topological polar surface area (TPSA) is 112 Å². The number of fused-ring (bicyclic) bond motifs is 5. The quantitative estimate of drug-likeness (QED) is 0.664. The molecule has 2 amide bonds. The molecule has 0 aromatic heterocycles. The largest absolute Gasteiger partial charge is 0.454 e. The Bertz CT molecular complexity index is 1230. The van der Waals surface area contributed by atoms with Gasteiger partial charge in [-0.05, 0) is 36.5 Å². The lowest BCUT2D eigenvalue weighted by atomic mass is 9.69. The van der Waals surface area contributed by atoms with Crippen molar-refractivity contribution in [3.63, 3.8) is 0 Å². The number of anilines is 2. The SMILES string of the molecule is CC(=O)N1CCCC(CN2C(=O)C3(CC(=N)N(N)c4cc5c(cc43)OCO5)c3ccccc32)C1. The van der Waals surface area contributed by atoms with E-state index in [4.69, 9.17) is 20.7 Å². The predicted molar refractivity (Wildman–Crippen MR) is 126 cm³/mol. The number of likely N-dealkylation sites (tertiary alicyclic amines) is 1. The maximum atomic E-state index is 14.4. The summed E-state index contributed by atoms with van der Waals surface area (Å²) in [7, 11) is 0. The van der Waals surface area contributed by atoms with E-state index in [1.807, 2.05) is 40.1 Å². The molecule has 4 aliphatic heterocycles. The first-order chi connectivity index (χ1) is 16.4. The minimum atomic E-state index is -1.06. The zero-order valence-electron chi connectivity index (χ0n) is 19.0. The highest BCUT2D eigenvalue weighted by atomic mass is 16.7. The Labute approximate surface area is 197 Å². The minimum absolute atomic E-state index is 0.0633. The number of rotatable bonds is 2. The third-order valence-corrected chi connectivity index (χ3v) is 7.60. The van der Waals surface area contributed by atoms with Crippen LogP contribution in [0, 0.1) is 11.3 Å². The van der Waals surface area contributed by atoms with Crippen LogP contribution >= 0.6 is 0 Å². The molecule has 176 valence electrons. The highest BCUT2D eigenvalue weighted by Gasteiger charge is 2.56. The molecule has 0 saturated carbocycles. The summed E-state index contributed by atoms with van der Waals surface area (Å²) in [4.78, 5) is 30.1. The molecule has 2 aromatic rings. The number of hydrogen-bond acceptors (Lipinski definition) is 6. The number of hydrogen-bond donors (Lipinski definition) is 2. The summed E-state index contributed by atoms with van der Waals surface area (Å²) < 4.78 is 11.2. The number of amidine groups is 1. The summed E-state index contributed by atoms with van der Waals surface area (Å²) in [6, 6.07) is 11.4. The fourth-order valence-corrected chi connectivity index (χ4v) is 5.94. The van der Waals surface area contributed by atoms with Gasteiger partial charge in [-0.3, -0.25) is 20.0 Å². The van der Waals surface area contributed by atoms with Crippen molar-refractivity contribution in [2.45, 2.75) is 31.6 Å². The molecule has 1 saturated heterocycles. The maximum Gasteiger partial charge on any atom is 0.242 e. The Kier molecular flexibility index (Phi) is 4.60. The van der Waals surface area contributed by atoms with Crippen molar-refractivity contribution in [2.24, 2.45) is 11.8 Å². The second-order valence-electron chi connectivity index (χ2n) is 9.53. The van der Waals surface area contributed by atoms with E-state index < -0.39 is 5.41 Å². The van der Waals surface area contributed by atoms with E-state index in [1.54, 1.807) is 13.0 Å². The number of carbonyl (C=O) groups excluding carboxylic acids is 2. The van der Waals surface area contributed by atoms with Crippen LogP contribution < -0.4 is 25.2 Å². The van der Waals surface area contributed by atoms with Gasteiger partial charge in [0.2, 0.25) is 18.6 Å². The van der Waals surface area contributed by atoms with Crippen LogP contribution in [0.15, 0.2) is 36.4 Å². The molecule has 4 aliphatic rings. The van der Waals surface area contributed by atoms with Gasteiger partial charge in [0.05, 0.1) is 5.69 Å². The molecular formula is C25H27N5O4. The van der Waals surface area contributed by atoms with Crippen LogP contribution in [0.4, 0.5) is 11.4 Å². The molecule has 1 spiro atoms. The molecular weight excluding hydrogens is 434 g/mol. The van der Waals surface area contributed by atoms with Crippen molar-refractivity contribution in [2.75, 3.05) is 36.3 Å². The molecule has 6 rings (SSSR count). The van der Waals surface area contributed by atoms with Crippen molar-refractivity contribution >= 4 is 29.0 Å². The first kappa shape index (κ1) is 21.0. The van der Waals surface area contributed by atoms with Crippen LogP contribution in [0.3, 0.4) is 0 Å². The Morgan fingerprint density at radius 3 is 2.74 bits per heavy atom. The number of ether oxygens (including phenoxy) is 2. The minimum Gasteiger partial charge on any atom is -0.454 e. The summed E-state index contributed by atoms with van der Waals surface area (Å²) >= 11 is 0. The monoisotopic (exact) mass is 461 g/mol. The molecule has 2 atom stereocenters. The van der Waals surface area contributed by atoms with Crippen molar-refractivity contribution in [1.29, 1.82) is 5.41 Å². The highest BCUT2D eigenvalue weighted by Crippen LogP contribution is 2.55. The van der Waals surface area contributed by atoms with Crippen molar-refractivity contribution in [3.05, 3.63) is 47.5 Å². The predicted octanol–water partition coefficient (Wildman–Crippen LogP) is 2.37. The van der Waals surface area contributed by atoms with E-state index in [0.29, 0.717) is 30.3 Å². The van der Waals surface area contributed by atoms with Gasteiger partial charge < -0.3 is 19.3 Å². The molecule has 9 nitrogen and oxygen atoms in total. The average Bonchev–Trinajstić information content (AvgIpc) is 3.39. The fourth-order valence-electron chi connectivity index (χ4n) is 5.94. The first-order valence-electron chi connectivity index (χ1n) is 11.6. The van der Waals surface area contributed by atoms with Crippen LogP contribution in [0.1, 0.15) is 37.3 Å². The van der Waals surface area contributed by atoms with Crippen LogP contribution in [-0.4, -0.2) is 49.0 Å². The van der Waals surface area contributed by atoms with Crippen molar-refractivity contribution in [1.82, 2.24) is 4.90 Å². The van der Waals surface area contributed by atoms with E-state index in [2.05, 4.69) is 0 Å². The number of nitrogens with zero attached hydrogens (tertiary/aromatic N) is 3. The lowest BCUT2D eigenvalue weighted by molar-refractivity contribution is -0.130. The van der Waals surface area contributed by atoms with Gasteiger partial charge in [-0.15, -0.1) is 0 Å². The van der Waals surface area contributed by atoms with E-state index in [1.165, 1.54) is 5.01 Å². The summed E-state index contributed by atoms with van der Waals surface area (Å²) in [6.45, 7) is 3.65. The number of carbonyl (C=O) groups is 2. The normalized spacial score (nSPS) is 25.1. The maximum absolute atomic E-state index is 14.4. The second kappa shape index (κ2) is 7.46. The van der Waals surface area contributed by atoms with Gasteiger partial charge in [-0.25, -0.2) is 5.84 Å². The molecule has 0 bridgehead atoms. The molecule has 0 radical (unpaired) electrons. The molecule has 3 N–H and O–H groups in total. The first-order valence-corrected chi connectivity index (χ1v) is 11.6. The average molecular weight is 462 g/mol. The van der Waals surface area contributed by atoms with Crippen LogP contribution in [0.2, 0.25) is 0 Å². The third-order valence-electron chi connectivity index (χ3n) is 7.60. The Morgan fingerprint density at radius 2 is 1.94 bits per heavy atom. The third kappa shape index (κ3) is 2.86. The van der Waals surface area contributed by atoms with Gasteiger partial charge in [0.1, 0.15) is 11.3 Å². The lowest BCUT2D eigenvalue weighted by Gasteiger charge is -2.40. The van der Waals surface area contributed by atoms with Crippen molar-refractivity contribution < 1.29 is 19.1 Å². The number of piperidine rings is 1. The molecule has 9 heteroatoms. The standard InChI is InChI=1S/C25H27N5O4/c1-15(31)28-8-4-5-16(12-28)13-29-19-7-3-2-6-17(19)25(24(29)32)11-23(26)30(27)20-10-22-21(9-18(20)25)33-14-34-22/h2-3,6-7,9-10,16,26H,4-5,8,11-14,27H2,1H3. The van der Waals surface area contributed by atoms with E-state index in [-0.39, 0.29) is 36.8 Å². The fraction of sp³-hybridized carbons (Fsp3) is 0.400. The van der Waals surface area contributed by atoms with Crippen molar-refractivity contribution in [3.8, 4) is 11.5 Å². The zero-order valence-corrected chi connectivity index (χ0v) is 19.0. The van der Waals surface area contributed by atoms with Crippen LogP contribution in [0.5, 0.6) is 11.5 Å².